The van der Waals surface area contributed by atoms with Crippen LogP contribution in [-0.2, 0) is 14.3 Å². The van der Waals surface area contributed by atoms with Crippen molar-refractivity contribution in [2.24, 2.45) is 28.6 Å². The van der Waals surface area contributed by atoms with Gasteiger partial charge in [-0.25, -0.2) is 0 Å². The predicted octanol–water partition coefficient (Wildman–Crippen LogP) is 5.40. The van der Waals surface area contributed by atoms with Crippen LogP contribution in [0.3, 0.4) is 0 Å². The van der Waals surface area contributed by atoms with E-state index in [2.05, 4.69) is 26.8 Å². The van der Waals surface area contributed by atoms with E-state index in [0.717, 1.165) is 44.1 Å². The molecular weight excluding hydrogens is 336 g/mol. The monoisotopic (exact) mass is 370 g/mol. The van der Waals surface area contributed by atoms with E-state index >= 15 is 0 Å². The molecule has 3 nitrogen and oxygen atoms in total. The molecule has 0 aromatic heterocycles. The number of carbonyl (C=O) groups excluding carboxylic acids is 2. The molecule has 4 rings (SSSR count). The highest BCUT2D eigenvalue weighted by molar-refractivity contribution is 5.96. The Bertz CT molecular complexity index is 745. The van der Waals surface area contributed by atoms with Gasteiger partial charge in [0.2, 0.25) is 0 Å². The van der Waals surface area contributed by atoms with Crippen molar-refractivity contribution in [3.05, 3.63) is 22.8 Å². The molecule has 0 spiro atoms. The molecule has 6 atom stereocenters. The fourth-order valence-electron chi connectivity index (χ4n) is 7.59. The number of carbonyl (C=O) groups is 2. The number of ether oxygens (including phenoxy) is 1. The van der Waals surface area contributed by atoms with Gasteiger partial charge in [-0.15, -0.1) is 0 Å². The smallest absolute Gasteiger partial charge is 0.302 e. The maximum atomic E-state index is 12.4. The van der Waals surface area contributed by atoms with Crippen molar-refractivity contribution in [2.75, 3.05) is 0 Å². The van der Waals surface area contributed by atoms with Crippen LogP contribution in [-0.4, -0.2) is 17.9 Å². The Balaban J connectivity index is 1.62. The summed E-state index contributed by atoms with van der Waals surface area (Å²) in [7, 11) is 0. The maximum Gasteiger partial charge on any atom is 0.302 e. The van der Waals surface area contributed by atoms with Crippen LogP contribution < -0.4 is 0 Å². The lowest BCUT2D eigenvalue weighted by Crippen LogP contribution is -2.50. The number of hydrogen-bond donors (Lipinski definition) is 0. The van der Waals surface area contributed by atoms with Crippen LogP contribution in [0.2, 0.25) is 0 Å². The maximum absolute atomic E-state index is 12.4. The highest BCUT2D eigenvalue weighted by Crippen LogP contribution is 2.66. The van der Waals surface area contributed by atoms with E-state index in [4.69, 9.17) is 4.74 Å². The van der Waals surface area contributed by atoms with Crippen LogP contribution >= 0.6 is 0 Å². The van der Waals surface area contributed by atoms with Crippen LogP contribution in [0.15, 0.2) is 22.8 Å². The fraction of sp³-hybridized carbons (Fsp3) is 0.750. The van der Waals surface area contributed by atoms with Crippen LogP contribution in [0.4, 0.5) is 0 Å². The van der Waals surface area contributed by atoms with Gasteiger partial charge in [-0.05, 0) is 86.5 Å². The van der Waals surface area contributed by atoms with Crippen molar-refractivity contribution < 1.29 is 14.3 Å². The molecule has 148 valence electrons. The lowest BCUT2D eigenvalue weighted by atomic mass is 9.47. The van der Waals surface area contributed by atoms with Gasteiger partial charge in [0.1, 0.15) is 6.10 Å². The Morgan fingerprint density at radius 2 is 1.74 bits per heavy atom. The summed E-state index contributed by atoms with van der Waals surface area (Å²) in [6.45, 7) is 10.3. The van der Waals surface area contributed by atoms with Crippen LogP contribution in [0.5, 0.6) is 0 Å². The normalized spacial score (nSPS) is 43.4. The number of ketones is 1. The summed E-state index contributed by atoms with van der Waals surface area (Å²) in [6.07, 6.45) is 10.1. The van der Waals surface area contributed by atoms with Gasteiger partial charge in [0.15, 0.2) is 5.78 Å². The van der Waals surface area contributed by atoms with E-state index in [1.54, 1.807) is 6.92 Å². The van der Waals surface area contributed by atoms with Crippen molar-refractivity contribution in [3.63, 3.8) is 0 Å². The molecule has 4 aliphatic carbocycles. The average Bonchev–Trinajstić information content (AvgIpc) is 2.85. The van der Waals surface area contributed by atoms with Gasteiger partial charge in [-0.3, -0.25) is 9.59 Å². The Morgan fingerprint density at radius 3 is 2.41 bits per heavy atom. The van der Waals surface area contributed by atoms with Crippen molar-refractivity contribution in [1.82, 2.24) is 0 Å². The van der Waals surface area contributed by atoms with Crippen molar-refractivity contribution >= 4 is 11.8 Å². The first-order chi connectivity index (χ1) is 12.7. The number of hydrogen-bond acceptors (Lipinski definition) is 3. The minimum atomic E-state index is -0.157. The van der Waals surface area contributed by atoms with E-state index in [1.165, 1.54) is 24.5 Å². The van der Waals surface area contributed by atoms with Gasteiger partial charge in [0, 0.05) is 13.3 Å². The zero-order chi connectivity index (χ0) is 19.6. The molecule has 0 amide bonds. The lowest BCUT2D eigenvalue weighted by molar-refractivity contribution is -0.148. The Morgan fingerprint density at radius 1 is 1.04 bits per heavy atom. The number of rotatable bonds is 2. The summed E-state index contributed by atoms with van der Waals surface area (Å²) in [6, 6.07) is 0. The summed E-state index contributed by atoms with van der Waals surface area (Å²) in [5, 5.41) is 0. The van der Waals surface area contributed by atoms with E-state index in [0.29, 0.717) is 17.8 Å². The summed E-state index contributed by atoms with van der Waals surface area (Å²) in [5.41, 5.74) is 4.33. The van der Waals surface area contributed by atoms with Crippen molar-refractivity contribution in [2.45, 2.75) is 85.7 Å². The lowest BCUT2D eigenvalue weighted by Gasteiger charge is -2.57. The molecule has 2 saturated carbocycles. The molecule has 0 unspecified atom stereocenters. The van der Waals surface area contributed by atoms with Gasteiger partial charge in [0.25, 0.3) is 0 Å². The van der Waals surface area contributed by atoms with E-state index in [9.17, 15) is 9.59 Å². The quantitative estimate of drug-likeness (QED) is 0.483. The summed E-state index contributed by atoms with van der Waals surface area (Å²) < 4.78 is 5.54. The molecule has 4 aliphatic rings. The Kier molecular flexibility index (Phi) is 4.44. The zero-order valence-electron chi connectivity index (χ0n) is 17.6. The van der Waals surface area contributed by atoms with Crippen molar-refractivity contribution in [1.29, 1.82) is 0 Å². The van der Waals surface area contributed by atoms with Gasteiger partial charge in [-0.2, -0.15) is 0 Å². The second kappa shape index (κ2) is 6.32. The summed E-state index contributed by atoms with van der Waals surface area (Å²) in [5.74, 6) is 2.12. The van der Waals surface area contributed by atoms with Gasteiger partial charge >= 0.3 is 5.97 Å². The van der Waals surface area contributed by atoms with E-state index < -0.39 is 0 Å². The largest absolute Gasteiger partial charge is 0.462 e. The van der Waals surface area contributed by atoms with Gasteiger partial charge < -0.3 is 4.74 Å². The molecule has 0 aromatic rings. The Hall–Kier alpha value is -1.38. The summed E-state index contributed by atoms with van der Waals surface area (Å²) >= 11 is 0. The number of fused-ring (bicyclic) bond motifs is 5. The van der Waals surface area contributed by atoms with E-state index in [-0.39, 0.29) is 28.7 Å². The van der Waals surface area contributed by atoms with Crippen LogP contribution in [0.1, 0.15) is 79.6 Å². The second-order valence-electron chi connectivity index (χ2n) is 10.1. The number of allylic oxidation sites excluding steroid dienone is 3. The molecule has 0 saturated heterocycles. The highest BCUT2D eigenvalue weighted by Gasteiger charge is 2.58. The molecule has 2 fully saturated rings. The topological polar surface area (TPSA) is 43.4 Å². The number of Topliss-reactive ketones (excluding diaryl/α,β-unsaturated/α-hetero) is 1. The predicted molar refractivity (Wildman–Crippen MR) is 106 cm³/mol. The summed E-state index contributed by atoms with van der Waals surface area (Å²) in [4.78, 5) is 23.8. The molecule has 0 aromatic carbocycles. The molecule has 0 heterocycles. The third-order valence-electron chi connectivity index (χ3n) is 8.66. The van der Waals surface area contributed by atoms with Crippen molar-refractivity contribution in [3.8, 4) is 0 Å². The molecular formula is C24H34O3. The van der Waals surface area contributed by atoms with E-state index in [1.807, 2.05) is 0 Å². The minimum Gasteiger partial charge on any atom is -0.462 e. The molecule has 0 aliphatic heterocycles. The first kappa shape index (κ1) is 19.0. The van der Waals surface area contributed by atoms with Crippen LogP contribution in [0.25, 0.3) is 0 Å². The third kappa shape index (κ3) is 2.76. The second-order valence-corrected chi connectivity index (χ2v) is 10.1. The highest BCUT2D eigenvalue weighted by atomic mass is 16.5. The molecule has 0 radical (unpaired) electrons. The molecule has 27 heavy (non-hydrogen) atoms. The SMILES string of the molecule is CC(=O)O[C@@H]1CC[C@@]2(C)C(=CC[C@H]3[C@H]2CC[C@]2(C)C(C(C)=O)=C(C)C[C@H]32)C1. The molecule has 0 bridgehead atoms. The van der Waals surface area contributed by atoms with Gasteiger partial charge in [0.05, 0.1) is 0 Å². The Labute approximate surface area is 163 Å². The fourth-order valence-corrected chi connectivity index (χ4v) is 7.59. The minimum absolute atomic E-state index is 0.0620. The first-order valence-electron chi connectivity index (χ1n) is 10.7. The molecule has 3 heteroatoms. The molecule has 0 N–H and O–H groups in total. The number of esters is 1. The standard InChI is InChI=1S/C24H34O3/c1-14-12-21-19-7-6-17-13-18(27-16(3)26)8-10-23(17,4)20(19)9-11-24(21,5)22(14)15(2)25/h6,18-21H,7-13H2,1-5H3/t18-,19+,20-,21-,23+,24+/m1/s1. The van der Waals surface area contributed by atoms with Gasteiger partial charge in [-0.1, -0.05) is 31.1 Å². The third-order valence-corrected chi connectivity index (χ3v) is 8.66. The first-order valence-corrected chi connectivity index (χ1v) is 10.7. The average molecular weight is 371 g/mol. The van der Waals surface area contributed by atoms with Crippen LogP contribution in [0, 0.1) is 28.6 Å². The zero-order valence-corrected chi connectivity index (χ0v) is 17.6.